The van der Waals surface area contributed by atoms with Crippen LogP contribution in [-0.2, 0) is 0 Å². The SMILES string of the molecule is CCCC(CC)(CN)N1CCN(c2ccccc2Cl)CC1. The molecule has 1 unspecified atom stereocenters. The van der Waals surface area contributed by atoms with Crippen molar-refractivity contribution in [3.8, 4) is 0 Å². The molecule has 1 aliphatic heterocycles. The van der Waals surface area contributed by atoms with Crippen molar-refractivity contribution in [2.45, 2.75) is 38.6 Å². The number of hydrogen-bond acceptors (Lipinski definition) is 3. The van der Waals surface area contributed by atoms with Gasteiger partial charge < -0.3 is 10.6 Å². The summed E-state index contributed by atoms with van der Waals surface area (Å²) in [4.78, 5) is 4.99. The predicted molar refractivity (Wildman–Crippen MR) is 92.2 cm³/mol. The van der Waals surface area contributed by atoms with Crippen molar-refractivity contribution in [3.05, 3.63) is 29.3 Å². The van der Waals surface area contributed by atoms with Crippen molar-refractivity contribution >= 4 is 17.3 Å². The normalized spacial score (nSPS) is 19.5. The molecule has 1 aliphatic rings. The Labute approximate surface area is 134 Å². The minimum absolute atomic E-state index is 0.182. The van der Waals surface area contributed by atoms with Gasteiger partial charge in [0.05, 0.1) is 10.7 Å². The van der Waals surface area contributed by atoms with Gasteiger partial charge >= 0.3 is 0 Å². The number of rotatable bonds is 6. The van der Waals surface area contributed by atoms with E-state index in [1.807, 2.05) is 12.1 Å². The van der Waals surface area contributed by atoms with E-state index in [9.17, 15) is 0 Å². The lowest BCUT2D eigenvalue weighted by Gasteiger charge is -2.48. The van der Waals surface area contributed by atoms with Crippen LogP contribution in [0.5, 0.6) is 0 Å². The molecule has 0 bridgehead atoms. The minimum atomic E-state index is 0.182. The predicted octanol–water partition coefficient (Wildman–Crippen LogP) is 3.37. The second kappa shape index (κ2) is 7.48. The molecule has 3 nitrogen and oxygen atoms in total. The molecule has 0 amide bonds. The summed E-state index contributed by atoms with van der Waals surface area (Å²) in [7, 11) is 0. The zero-order valence-corrected chi connectivity index (χ0v) is 14.1. The first-order valence-corrected chi connectivity index (χ1v) is 8.49. The first-order valence-electron chi connectivity index (χ1n) is 8.11. The molecule has 0 aliphatic carbocycles. The molecule has 21 heavy (non-hydrogen) atoms. The third-order valence-electron chi connectivity index (χ3n) is 4.90. The number of para-hydroxylation sites is 1. The summed E-state index contributed by atoms with van der Waals surface area (Å²) in [6, 6.07) is 8.12. The number of anilines is 1. The van der Waals surface area contributed by atoms with Gasteiger partial charge in [-0.3, -0.25) is 4.90 Å². The zero-order chi connectivity index (χ0) is 15.3. The number of hydrogen-bond donors (Lipinski definition) is 1. The van der Waals surface area contributed by atoms with E-state index in [4.69, 9.17) is 17.3 Å². The molecule has 1 heterocycles. The van der Waals surface area contributed by atoms with Crippen LogP contribution in [0.15, 0.2) is 24.3 Å². The van der Waals surface area contributed by atoms with Crippen LogP contribution in [0.25, 0.3) is 0 Å². The van der Waals surface area contributed by atoms with Crippen LogP contribution in [0.1, 0.15) is 33.1 Å². The zero-order valence-electron chi connectivity index (χ0n) is 13.3. The van der Waals surface area contributed by atoms with Crippen LogP contribution < -0.4 is 10.6 Å². The Balaban J connectivity index is 2.04. The molecule has 118 valence electrons. The first-order chi connectivity index (χ1) is 10.2. The lowest BCUT2D eigenvalue weighted by molar-refractivity contribution is 0.0734. The summed E-state index contributed by atoms with van der Waals surface area (Å²) in [6.07, 6.45) is 3.51. The molecule has 2 rings (SSSR count). The van der Waals surface area contributed by atoms with E-state index in [2.05, 4.69) is 35.8 Å². The highest BCUT2D eigenvalue weighted by molar-refractivity contribution is 6.33. The van der Waals surface area contributed by atoms with E-state index in [1.54, 1.807) is 0 Å². The quantitative estimate of drug-likeness (QED) is 0.874. The molecule has 2 N–H and O–H groups in total. The molecule has 1 atom stereocenters. The molecular weight excluding hydrogens is 282 g/mol. The second-order valence-electron chi connectivity index (χ2n) is 5.96. The highest BCUT2D eigenvalue weighted by Gasteiger charge is 2.35. The summed E-state index contributed by atoms with van der Waals surface area (Å²) in [5, 5.41) is 0.847. The van der Waals surface area contributed by atoms with Crippen molar-refractivity contribution in [1.29, 1.82) is 0 Å². The van der Waals surface area contributed by atoms with E-state index in [1.165, 1.54) is 12.8 Å². The average molecular weight is 310 g/mol. The minimum Gasteiger partial charge on any atom is -0.368 e. The van der Waals surface area contributed by atoms with Crippen molar-refractivity contribution in [1.82, 2.24) is 4.90 Å². The van der Waals surface area contributed by atoms with Crippen LogP contribution in [0.3, 0.4) is 0 Å². The smallest absolute Gasteiger partial charge is 0.0639 e. The molecule has 1 saturated heterocycles. The number of benzene rings is 1. The lowest BCUT2D eigenvalue weighted by atomic mass is 9.88. The number of piperazine rings is 1. The fourth-order valence-electron chi connectivity index (χ4n) is 3.53. The second-order valence-corrected chi connectivity index (χ2v) is 6.36. The van der Waals surface area contributed by atoms with Crippen LogP contribution in [0.2, 0.25) is 5.02 Å². The number of nitrogens with two attached hydrogens (primary N) is 1. The first kappa shape index (κ1) is 16.6. The molecule has 0 radical (unpaired) electrons. The highest BCUT2D eigenvalue weighted by Crippen LogP contribution is 2.30. The molecule has 0 saturated carbocycles. The van der Waals surface area contributed by atoms with Crippen LogP contribution in [0, 0.1) is 0 Å². The largest absolute Gasteiger partial charge is 0.368 e. The van der Waals surface area contributed by atoms with Gasteiger partial charge in [-0.1, -0.05) is 44.0 Å². The van der Waals surface area contributed by atoms with Gasteiger partial charge in [-0.05, 0) is 25.0 Å². The molecule has 1 fully saturated rings. The Bertz CT molecular complexity index is 437. The van der Waals surface area contributed by atoms with E-state index in [0.717, 1.165) is 49.9 Å². The summed E-state index contributed by atoms with van der Waals surface area (Å²) in [5.74, 6) is 0. The number of nitrogens with zero attached hydrogens (tertiary/aromatic N) is 2. The van der Waals surface area contributed by atoms with E-state index in [-0.39, 0.29) is 5.54 Å². The van der Waals surface area contributed by atoms with Gasteiger partial charge in [0.15, 0.2) is 0 Å². The summed E-state index contributed by atoms with van der Waals surface area (Å²) in [5.41, 5.74) is 7.47. The maximum absolute atomic E-state index is 6.31. The fourth-order valence-corrected chi connectivity index (χ4v) is 3.78. The topological polar surface area (TPSA) is 32.5 Å². The fraction of sp³-hybridized carbons (Fsp3) is 0.647. The monoisotopic (exact) mass is 309 g/mol. The standard InChI is InChI=1S/C17H28ClN3/c1-3-9-17(4-2,14-19)21-12-10-20(11-13-21)16-8-6-5-7-15(16)18/h5-8H,3-4,9-14,19H2,1-2H3. The molecule has 4 heteroatoms. The molecular formula is C17H28ClN3. The maximum Gasteiger partial charge on any atom is 0.0639 e. The van der Waals surface area contributed by atoms with Crippen molar-refractivity contribution in [2.24, 2.45) is 5.73 Å². The van der Waals surface area contributed by atoms with Crippen molar-refractivity contribution in [2.75, 3.05) is 37.6 Å². The van der Waals surface area contributed by atoms with E-state index >= 15 is 0 Å². The van der Waals surface area contributed by atoms with Gasteiger partial charge in [0.2, 0.25) is 0 Å². The molecule has 0 aromatic heterocycles. The average Bonchev–Trinajstić information content (AvgIpc) is 2.53. The Kier molecular flexibility index (Phi) is 5.91. The lowest BCUT2D eigenvalue weighted by Crippen LogP contribution is -2.60. The third kappa shape index (κ3) is 3.53. The highest BCUT2D eigenvalue weighted by atomic mass is 35.5. The Hall–Kier alpha value is -0.770. The maximum atomic E-state index is 6.31. The molecule has 1 aromatic rings. The molecule has 0 spiro atoms. The van der Waals surface area contributed by atoms with Crippen LogP contribution >= 0.6 is 11.6 Å². The van der Waals surface area contributed by atoms with Gasteiger partial charge in [0, 0.05) is 38.3 Å². The van der Waals surface area contributed by atoms with Gasteiger partial charge in [-0.25, -0.2) is 0 Å². The Morgan fingerprint density at radius 1 is 1.14 bits per heavy atom. The van der Waals surface area contributed by atoms with Gasteiger partial charge in [-0.15, -0.1) is 0 Å². The summed E-state index contributed by atoms with van der Waals surface area (Å²) < 4.78 is 0. The summed E-state index contributed by atoms with van der Waals surface area (Å²) in [6.45, 7) is 9.45. The summed E-state index contributed by atoms with van der Waals surface area (Å²) >= 11 is 6.31. The van der Waals surface area contributed by atoms with E-state index in [0.29, 0.717) is 0 Å². The van der Waals surface area contributed by atoms with Crippen molar-refractivity contribution in [3.63, 3.8) is 0 Å². The third-order valence-corrected chi connectivity index (χ3v) is 5.22. The van der Waals surface area contributed by atoms with Gasteiger partial charge in [0.1, 0.15) is 0 Å². The Morgan fingerprint density at radius 3 is 2.33 bits per heavy atom. The number of halogens is 1. The van der Waals surface area contributed by atoms with Crippen LogP contribution in [0.4, 0.5) is 5.69 Å². The Morgan fingerprint density at radius 2 is 1.81 bits per heavy atom. The van der Waals surface area contributed by atoms with Gasteiger partial charge in [-0.2, -0.15) is 0 Å². The van der Waals surface area contributed by atoms with Gasteiger partial charge in [0.25, 0.3) is 0 Å². The molecule has 1 aromatic carbocycles. The van der Waals surface area contributed by atoms with Crippen molar-refractivity contribution < 1.29 is 0 Å². The van der Waals surface area contributed by atoms with Crippen LogP contribution in [-0.4, -0.2) is 43.2 Å². The van der Waals surface area contributed by atoms with E-state index < -0.39 is 0 Å².